The quantitative estimate of drug-likeness (QED) is 0.653. The SMILES string of the molecule is C=CCC(N)c1cc(I)ccc1Br. The molecule has 0 aromatic heterocycles. The van der Waals surface area contributed by atoms with E-state index < -0.39 is 0 Å². The molecule has 3 heteroatoms. The lowest BCUT2D eigenvalue weighted by molar-refractivity contribution is 0.737. The molecule has 2 N–H and O–H groups in total. The fourth-order valence-corrected chi connectivity index (χ4v) is 2.16. The van der Waals surface area contributed by atoms with Crippen molar-refractivity contribution >= 4 is 38.5 Å². The van der Waals surface area contributed by atoms with Gasteiger partial charge in [-0.05, 0) is 52.8 Å². The summed E-state index contributed by atoms with van der Waals surface area (Å²) >= 11 is 5.77. The second-order valence-corrected chi connectivity index (χ2v) is 4.90. The van der Waals surface area contributed by atoms with Gasteiger partial charge in [0.05, 0.1) is 0 Å². The van der Waals surface area contributed by atoms with Crippen molar-refractivity contribution in [3.63, 3.8) is 0 Å². The molecule has 0 heterocycles. The molecule has 1 aromatic rings. The number of hydrogen-bond donors (Lipinski definition) is 1. The minimum Gasteiger partial charge on any atom is -0.324 e. The summed E-state index contributed by atoms with van der Waals surface area (Å²) in [6.07, 6.45) is 2.65. The van der Waals surface area contributed by atoms with Crippen molar-refractivity contribution in [1.82, 2.24) is 0 Å². The summed E-state index contributed by atoms with van der Waals surface area (Å²) < 4.78 is 2.28. The number of nitrogens with two attached hydrogens (primary N) is 1. The Bertz CT molecular complexity index is 312. The molecular weight excluding hydrogens is 341 g/mol. The van der Waals surface area contributed by atoms with Gasteiger partial charge in [-0.3, -0.25) is 0 Å². The normalized spacial score (nSPS) is 12.5. The third-order valence-corrected chi connectivity index (χ3v) is 3.17. The first-order valence-electron chi connectivity index (χ1n) is 3.96. The Morgan fingerprint density at radius 3 is 2.92 bits per heavy atom. The topological polar surface area (TPSA) is 26.0 Å². The lowest BCUT2D eigenvalue weighted by Crippen LogP contribution is -2.09. The van der Waals surface area contributed by atoms with E-state index in [0.717, 1.165) is 16.5 Å². The maximum absolute atomic E-state index is 5.97. The second kappa shape index (κ2) is 5.12. The van der Waals surface area contributed by atoms with E-state index >= 15 is 0 Å². The van der Waals surface area contributed by atoms with Crippen LogP contribution in [0.2, 0.25) is 0 Å². The maximum Gasteiger partial charge on any atom is 0.0341 e. The van der Waals surface area contributed by atoms with Gasteiger partial charge >= 0.3 is 0 Å². The zero-order valence-corrected chi connectivity index (χ0v) is 10.9. The molecule has 1 atom stereocenters. The highest BCUT2D eigenvalue weighted by atomic mass is 127. The van der Waals surface area contributed by atoms with E-state index in [2.05, 4.69) is 57.2 Å². The van der Waals surface area contributed by atoms with Gasteiger partial charge in [0.25, 0.3) is 0 Å². The van der Waals surface area contributed by atoms with E-state index in [9.17, 15) is 0 Å². The third kappa shape index (κ3) is 3.07. The van der Waals surface area contributed by atoms with Crippen molar-refractivity contribution in [2.45, 2.75) is 12.5 Å². The summed E-state index contributed by atoms with van der Waals surface area (Å²) in [7, 11) is 0. The van der Waals surface area contributed by atoms with Gasteiger partial charge in [-0.1, -0.05) is 22.0 Å². The summed E-state index contributed by atoms with van der Waals surface area (Å²) in [5.41, 5.74) is 7.12. The van der Waals surface area contributed by atoms with E-state index in [-0.39, 0.29) is 6.04 Å². The molecule has 0 spiro atoms. The van der Waals surface area contributed by atoms with Crippen LogP contribution in [-0.2, 0) is 0 Å². The van der Waals surface area contributed by atoms with E-state index in [4.69, 9.17) is 5.73 Å². The van der Waals surface area contributed by atoms with Crippen LogP contribution in [-0.4, -0.2) is 0 Å². The van der Waals surface area contributed by atoms with Gasteiger partial charge in [-0.15, -0.1) is 6.58 Å². The average Bonchev–Trinajstić information content (AvgIpc) is 2.09. The number of hydrogen-bond acceptors (Lipinski definition) is 1. The summed E-state index contributed by atoms with van der Waals surface area (Å²) in [6, 6.07) is 6.22. The van der Waals surface area contributed by atoms with E-state index in [1.165, 1.54) is 3.57 Å². The van der Waals surface area contributed by atoms with Gasteiger partial charge in [0.2, 0.25) is 0 Å². The Kier molecular flexibility index (Phi) is 4.41. The maximum atomic E-state index is 5.97. The Morgan fingerprint density at radius 1 is 1.62 bits per heavy atom. The molecule has 0 amide bonds. The van der Waals surface area contributed by atoms with Crippen LogP contribution in [0.25, 0.3) is 0 Å². The molecule has 0 fully saturated rings. The van der Waals surface area contributed by atoms with Crippen LogP contribution in [0.3, 0.4) is 0 Å². The lowest BCUT2D eigenvalue weighted by Gasteiger charge is -2.11. The van der Waals surface area contributed by atoms with E-state index in [0.29, 0.717) is 0 Å². The average molecular weight is 352 g/mol. The molecule has 0 radical (unpaired) electrons. The van der Waals surface area contributed by atoms with Gasteiger partial charge < -0.3 is 5.73 Å². The molecule has 1 rings (SSSR count). The Labute approximate surface area is 101 Å². The van der Waals surface area contributed by atoms with Crippen LogP contribution in [0, 0.1) is 3.57 Å². The first-order chi connectivity index (χ1) is 6.15. The zero-order valence-electron chi connectivity index (χ0n) is 7.13. The molecule has 0 aliphatic carbocycles. The van der Waals surface area contributed by atoms with Crippen LogP contribution in [0.4, 0.5) is 0 Å². The second-order valence-electron chi connectivity index (χ2n) is 2.80. The van der Waals surface area contributed by atoms with Crippen LogP contribution >= 0.6 is 38.5 Å². The number of benzene rings is 1. The Morgan fingerprint density at radius 2 is 2.31 bits per heavy atom. The van der Waals surface area contributed by atoms with Crippen molar-refractivity contribution < 1.29 is 0 Å². The standard InChI is InChI=1S/C10H11BrIN/c1-2-3-10(13)8-6-7(12)4-5-9(8)11/h2,4-6,10H,1,3,13H2. The molecule has 13 heavy (non-hydrogen) atoms. The Hall–Kier alpha value is 0.130. The minimum atomic E-state index is 0.0431. The molecule has 1 nitrogen and oxygen atoms in total. The Balaban J connectivity index is 2.97. The highest BCUT2D eigenvalue weighted by molar-refractivity contribution is 14.1. The minimum absolute atomic E-state index is 0.0431. The van der Waals surface area contributed by atoms with Gasteiger partial charge in [-0.2, -0.15) is 0 Å². The highest BCUT2D eigenvalue weighted by Gasteiger charge is 2.08. The highest BCUT2D eigenvalue weighted by Crippen LogP contribution is 2.25. The third-order valence-electron chi connectivity index (χ3n) is 1.78. The van der Waals surface area contributed by atoms with Crippen LogP contribution in [0.1, 0.15) is 18.0 Å². The smallest absolute Gasteiger partial charge is 0.0341 e. The molecule has 1 unspecified atom stereocenters. The first-order valence-corrected chi connectivity index (χ1v) is 5.83. The van der Waals surface area contributed by atoms with Crippen molar-refractivity contribution in [3.8, 4) is 0 Å². The molecule has 1 aromatic carbocycles. The van der Waals surface area contributed by atoms with Gasteiger partial charge in [-0.25, -0.2) is 0 Å². The van der Waals surface area contributed by atoms with Gasteiger partial charge in [0.1, 0.15) is 0 Å². The molecule has 70 valence electrons. The van der Waals surface area contributed by atoms with Crippen molar-refractivity contribution in [2.75, 3.05) is 0 Å². The van der Waals surface area contributed by atoms with Crippen LogP contribution < -0.4 is 5.73 Å². The predicted molar refractivity (Wildman–Crippen MR) is 68.6 cm³/mol. The predicted octanol–water partition coefficient (Wildman–Crippen LogP) is 3.63. The molecule has 0 aliphatic heterocycles. The molecule has 0 saturated carbocycles. The summed E-state index contributed by atoms with van der Waals surface area (Å²) in [6.45, 7) is 3.68. The number of rotatable bonds is 3. The summed E-state index contributed by atoms with van der Waals surface area (Å²) in [5.74, 6) is 0. The van der Waals surface area contributed by atoms with Crippen molar-refractivity contribution in [1.29, 1.82) is 0 Å². The van der Waals surface area contributed by atoms with Crippen LogP contribution in [0.5, 0.6) is 0 Å². The largest absolute Gasteiger partial charge is 0.324 e. The molecule has 0 bridgehead atoms. The summed E-state index contributed by atoms with van der Waals surface area (Å²) in [4.78, 5) is 0. The van der Waals surface area contributed by atoms with Crippen LogP contribution in [0.15, 0.2) is 35.3 Å². The molecular formula is C10H11BrIN. The van der Waals surface area contributed by atoms with Gasteiger partial charge in [0, 0.05) is 14.1 Å². The van der Waals surface area contributed by atoms with E-state index in [1.807, 2.05) is 12.1 Å². The first kappa shape index (κ1) is 11.2. The lowest BCUT2D eigenvalue weighted by atomic mass is 10.1. The fourth-order valence-electron chi connectivity index (χ4n) is 1.11. The summed E-state index contributed by atoms with van der Waals surface area (Å²) in [5, 5.41) is 0. The molecule has 0 saturated heterocycles. The van der Waals surface area contributed by atoms with Crippen molar-refractivity contribution in [2.24, 2.45) is 5.73 Å². The molecule has 0 aliphatic rings. The van der Waals surface area contributed by atoms with Gasteiger partial charge in [0.15, 0.2) is 0 Å². The zero-order chi connectivity index (χ0) is 9.84. The van der Waals surface area contributed by atoms with Crippen molar-refractivity contribution in [3.05, 3.63) is 44.5 Å². The number of halogens is 2. The monoisotopic (exact) mass is 351 g/mol. The van der Waals surface area contributed by atoms with E-state index in [1.54, 1.807) is 0 Å². The fraction of sp³-hybridized carbons (Fsp3) is 0.200.